The van der Waals surface area contributed by atoms with E-state index >= 15 is 0 Å². The van der Waals surface area contributed by atoms with Crippen molar-refractivity contribution in [2.75, 3.05) is 25.2 Å². The molecule has 11 rings (SSSR count). The van der Waals surface area contributed by atoms with Gasteiger partial charge in [0.05, 0.1) is 46.5 Å². The molecule has 4 aromatic heterocycles. The molecule has 0 aliphatic carbocycles. The number of hydrogen-bond acceptors (Lipinski definition) is 13. The van der Waals surface area contributed by atoms with E-state index in [0.29, 0.717) is 59.0 Å². The predicted molar refractivity (Wildman–Crippen MR) is 435 cm³/mol. The Hall–Kier alpha value is -9.71. The lowest BCUT2D eigenvalue weighted by molar-refractivity contribution is -0.137. The number of ketones is 4. The summed E-state index contributed by atoms with van der Waals surface area (Å²) in [4.78, 5) is 91.8. The Morgan fingerprint density at radius 1 is 0.541 bits per heavy atom. The van der Waals surface area contributed by atoms with E-state index in [0.717, 1.165) is 81.3 Å². The molecular formula is C91H118F3N9O6. The van der Waals surface area contributed by atoms with Crippen molar-refractivity contribution in [3.05, 3.63) is 231 Å². The summed E-state index contributed by atoms with van der Waals surface area (Å²) in [6.07, 6.45) is 6.81. The summed E-state index contributed by atoms with van der Waals surface area (Å²) < 4.78 is 44.8. The normalized spacial score (nSPS) is 12.6. The van der Waals surface area contributed by atoms with Crippen LogP contribution in [0.5, 0.6) is 5.88 Å². The number of ether oxygens (including phenoxy) is 1. The molecule has 9 aromatic rings. The topological polar surface area (TPSA) is 192 Å². The summed E-state index contributed by atoms with van der Waals surface area (Å²) in [7, 11) is 3.47. The number of para-hydroxylation sites is 3. The number of fused-ring (bicyclic) bond motifs is 3. The SMILES string of the molecule is CC(C)(C)C(=O)c1cccc2cccnc12.CC(C)(C)CCC(=O)N1CCc2ccccc21.CC(C)(C)Cc1cccc2c1=NCN=2.COc1cc(C)nc(-c2ccc(C(=O)C(C)(C)C)cc2)n1.Cc1cc(CC(C)(C)C)cc(C(F)(F)F)c1.Cc1cnc(C(=O)C(C)(C)C)cn1.Cn1cccc1C(=O)C(C)(C)C. The summed E-state index contributed by atoms with van der Waals surface area (Å²) >= 11 is 0. The molecule has 0 N–H and O–H groups in total. The van der Waals surface area contributed by atoms with Gasteiger partial charge in [-0.25, -0.2) is 9.97 Å². The lowest BCUT2D eigenvalue weighted by atomic mass is 9.86. The van der Waals surface area contributed by atoms with Crippen LogP contribution < -0.4 is 20.4 Å². The smallest absolute Gasteiger partial charge is 0.416 e. The number of anilines is 1. The van der Waals surface area contributed by atoms with E-state index in [-0.39, 0.29) is 61.5 Å². The molecule has 2 aliphatic rings. The number of pyridine rings is 1. The molecule has 0 saturated carbocycles. The molecule has 15 nitrogen and oxygen atoms in total. The maximum atomic E-state index is 12.6. The minimum atomic E-state index is -4.25. The number of carbonyl (C=O) groups is 5. The van der Waals surface area contributed by atoms with Gasteiger partial charge in [-0.15, -0.1) is 0 Å². The van der Waals surface area contributed by atoms with Gasteiger partial charge in [0.1, 0.15) is 12.4 Å². The van der Waals surface area contributed by atoms with Crippen molar-refractivity contribution in [2.45, 2.75) is 204 Å². The molecule has 6 heterocycles. The van der Waals surface area contributed by atoms with Crippen LogP contribution in [0.2, 0.25) is 0 Å². The summed E-state index contributed by atoms with van der Waals surface area (Å²) in [5, 5.41) is 3.19. The molecule has 5 aromatic carbocycles. The molecule has 584 valence electrons. The molecule has 0 saturated heterocycles. The standard InChI is InChI=1S/C17H20N2O2.C15H21NO.C14H15NO.C13H17F3.C12H16N2.C10H14N2O.C10H15NO/c1-11-10-14(21-5)19-16(18-11)13-8-6-12(7-9-13)15(20)17(2,3)4;1-15(2,3)10-8-14(17)16-11-9-12-6-4-5-7-13(12)16;1-14(2,3)13(16)11-8-4-6-10-7-5-9-15-12(10)11;1-9-5-10(8-12(2,3)4)7-11(6-9)13(14,15)16;1-12(2,3)7-9-5-4-6-10-11(9)14-8-13-10;1-7-5-12-8(6-11-7)9(13)10(2,3)4;1-10(2,3)9(12)8-6-5-7-11(8)4/h6-10H,1-5H3;4-7H,8-11H2,1-3H3;4-9H,1-3H3;5-7H,8H2,1-4H3;4-6H,7-8H2,1-3H3;5-6H,1-4H3;5-7H,1-4H3. The fraction of sp³-hybridized carbons (Fsp3) is 0.451. The van der Waals surface area contributed by atoms with Crippen LogP contribution in [0.25, 0.3) is 22.3 Å². The van der Waals surface area contributed by atoms with Gasteiger partial charge in [-0.05, 0) is 128 Å². The third-order valence-electron chi connectivity index (χ3n) is 17.0. The lowest BCUT2D eigenvalue weighted by Crippen LogP contribution is -2.29. The third-order valence-corrected chi connectivity index (χ3v) is 17.0. The third kappa shape index (κ3) is 29.0. The van der Waals surface area contributed by atoms with Crippen molar-refractivity contribution < 1.29 is 41.9 Å². The second-order valence-corrected chi connectivity index (χ2v) is 35.6. The summed E-state index contributed by atoms with van der Waals surface area (Å²) in [5.41, 5.74) is 9.69. The van der Waals surface area contributed by atoms with Crippen molar-refractivity contribution in [2.24, 2.45) is 54.9 Å². The maximum Gasteiger partial charge on any atom is 0.416 e. The number of aromatic nitrogens is 6. The Labute approximate surface area is 646 Å². The van der Waals surface area contributed by atoms with Crippen LogP contribution in [0.3, 0.4) is 0 Å². The second kappa shape index (κ2) is 37.6. The fourth-order valence-corrected chi connectivity index (χ4v) is 11.4. The van der Waals surface area contributed by atoms with Crippen molar-refractivity contribution in [1.82, 2.24) is 29.5 Å². The largest absolute Gasteiger partial charge is 0.481 e. The monoisotopic (exact) mass is 1490 g/mol. The number of methoxy groups -OCH3 is 1. The van der Waals surface area contributed by atoms with Gasteiger partial charge in [0.25, 0.3) is 0 Å². The molecule has 0 spiro atoms. The van der Waals surface area contributed by atoms with E-state index in [2.05, 4.69) is 101 Å². The Morgan fingerprint density at radius 2 is 1.15 bits per heavy atom. The van der Waals surface area contributed by atoms with Gasteiger partial charge in [0.15, 0.2) is 29.0 Å². The molecule has 0 atom stereocenters. The quantitative estimate of drug-likeness (QED) is 0.118. The number of amides is 1. The zero-order valence-electron chi connectivity index (χ0n) is 69.6. The van der Waals surface area contributed by atoms with Crippen LogP contribution in [0, 0.1) is 58.7 Å². The van der Waals surface area contributed by atoms with Gasteiger partial charge in [-0.3, -0.25) is 43.9 Å². The summed E-state index contributed by atoms with van der Waals surface area (Å²) in [6, 6.07) is 41.2. The number of carbonyl (C=O) groups excluding carboxylic acids is 5. The van der Waals surface area contributed by atoms with Crippen LogP contribution in [0.15, 0.2) is 168 Å². The zero-order chi connectivity index (χ0) is 82.0. The lowest BCUT2D eigenvalue weighted by Gasteiger charge is -2.21. The van der Waals surface area contributed by atoms with E-state index in [1.165, 1.54) is 29.5 Å². The number of benzene rings is 5. The van der Waals surface area contributed by atoms with E-state index in [9.17, 15) is 37.1 Å². The number of alkyl halides is 3. The molecular weight excluding hydrogens is 1370 g/mol. The Bertz CT molecular complexity index is 4700. The van der Waals surface area contributed by atoms with E-state index in [4.69, 9.17) is 4.74 Å². The van der Waals surface area contributed by atoms with Gasteiger partial charge < -0.3 is 14.2 Å². The maximum absolute atomic E-state index is 12.6. The van der Waals surface area contributed by atoms with Crippen molar-refractivity contribution in [1.29, 1.82) is 0 Å². The van der Waals surface area contributed by atoms with Crippen LogP contribution in [-0.4, -0.2) is 78.9 Å². The van der Waals surface area contributed by atoms with Crippen molar-refractivity contribution in [3.63, 3.8) is 0 Å². The van der Waals surface area contributed by atoms with Gasteiger partial charge in [-0.2, -0.15) is 18.2 Å². The van der Waals surface area contributed by atoms with E-state index < -0.39 is 11.7 Å². The highest BCUT2D eigenvalue weighted by atomic mass is 19.4. The Balaban J connectivity index is 0.000000229. The molecule has 0 fully saturated rings. The number of rotatable bonds is 10. The highest BCUT2D eigenvalue weighted by Gasteiger charge is 2.32. The summed E-state index contributed by atoms with van der Waals surface area (Å²) in [5.74, 6) is 1.88. The van der Waals surface area contributed by atoms with Crippen LogP contribution >= 0.6 is 0 Å². The fourth-order valence-electron chi connectivity index (χ4n) is 11.4. The van der Waals surface area contributed by atoms with Crippen LogP contribution in [0.1, 0.15) is 239 Å². The minimum Gasteiger partial charge on any atom is -0.481 e. The number of aryl methyl sites for hydroxylation is 4. The number of halogens is 3. The highest BCUT2D eigenvalue weighted by Crippen LogP contribution is 2.34. The first-order valence-electron chi connectivity index (χ1n) is 37.2. The Kier molecular flexibility index (Phi) is 31.0. The average Bonchev–Trinajstić information content (AvgIpc) is 1.48. The molecule has 109 heavy (non-hydrogen) atoms. The number of nitrogens with zero attached hydrogens (tertiary/aromatic N) is 9. The molecule has 0 radical (unpaired) electrons. The highest BCUT2D eigenvalue weighted by molar-refractivity contribution is 6.09. The van der Waals surface area contributed by atoms with Gasteiger partial charge >= 0.3 is 6.18 Å². The molecule has 18 heteroatoms. The van der Waals surface area contributed by atoms with Crippen LogP contribution in [0.4, 0.5) is 18.9 Å². The van der Waals surface area contributed by atoms with E-state index in [1.54, 1.807) is 32.5 Å². The molecule has 0 bridgehead atoms. The Morgan fingerprint density at radius 3 is 1.70 bits per heavy atom. The first-order valence-corrected chi connectivity index (χ1v) is 37.2. The van der Waals surface area contributed by atoms with Gasteiger partial charge in [-0.1, -0.05) is 230 Å². The van der Waals surface area contributed by atoms with Crippen molar-refractivity contribution >= 4 is 45.6 Å². The van der Waals surface area contributed by atoms with Crippen LogP contribution in [-0.2, 0) is 37.3 Å². The predicted octanol–water partition coefficient (Wildman–Crippen LogP) is 20.9. The van der Waals surface area contributed by atoms with Gasteiger partial charge in [0.2, 0.25) is 11.8 Å². The zero-order valence-corrected chi connectivity index (χ0v) is 69.6. The average molecular weight is 1490 g/mol. The minimum absolute atomic E-state index is 0.00331. The van der Waals surface area contributed by atoms with E-state index in [1.807, 2.05) is 231 Å². The molecule has 0 unspecified atom stereocenters. The first-order chi connectivity index (χ1) is 50.3. The number of hydrogen-bond donors (Lipinski definition) is 0. The summed E-state index contributed by atoms with van der Waals surface area (Å²) in [6.45, 7) is 49.2. The first kappa shape index (κ1) is 89.9. The van der Waals surface area contributed by atoms with Crippen molar-refractivity contribution in [3.8, 4) is 17.3 Å². The van der Waals surface area contributed by atoms with Gasteiger partial charge in [0, 0.05) is 99.8 Å². The number of Topliss-reactive ketones (excluding diaryl/α,β-unsaturated/α-hetero) is 4. The molecule has 1 amide bonds. The molecule has 2 aliphatic heterocycles. The second-order valence-electron chi connectivity index (χ2n) is 35.6.